The van der Waals surface area contributed by atoms with Gasteiger partial charge in [-0.2, -0.15) is 9.97 Å². The van der Waals surface area contributed by atoms with E-state index in [1.165, 1.54) is 27.8 Å². The van der Waals surface area contributed by atoms with E-state index in [1.807, 2.05) is 60.7 Å². The Morgan fingerprint density at radius 2 is 0.728 bits per heavy atom. The fourth-order valence-electron chi connectivity index (χ4n) is 13.9. The molecule has 8 heteroatoms. The van der Waals surface area contributed by atoms with Crippen LogP contribution < -0.4 is 4.90 Å². The molecule has 0 N–H and O–H groups in total. The lowest BCUT2D eigenvalue weighted by atomic mass is 9.70. The summed E-state index contributed by atoms with van der Waals surface area (Å²) in [7, 11) is 0. The van der Waals surface area contributed by atoms with Crippen molar-refractivity contribution in [3.8, 4) is 102 Å². The van der Waals surface area contributed by atoms with E-state index < -0.39 is 10.8 Å². The number of anilines is 3. The maximum Gasteiger partial charge on any atom is 0.238 e. The average molecular weight is 1190 g/mol. The van der Waals surface area contributed by atoms with E-state index in [4.69, 9.17) is 34.9 Å². The van der Waals surface area contributed by atoms with Crippen molar-refractivity contribution in [1.82, 2.24) is 34.9 Å². The molecule has 4 heterocycles. The summed E-state index contributed by atoms with van der Waals surface area (Å²) in [5, 5.41) is 0. The predicted molar refractivity (Wildman–Crippen MR) is 374 cm³/mol. The monoisotopic (exact) mass is 1180 g/mol. The van der Waals surface area contributed by atoms with Crippen molar-refractivity contribution in [2.24, 2.45) is 0 Å². The van der Waals surface area contributed by atoms with E-state index in [9.17, 15) is 0 Å². The van der Waals surface area contributed by atoms with Gasteiger partial charge in [-0.1, -0.05) is 265 Å². The first kappa shape index (κ1) is 55.9. The summed E-state index contributed by atoms with van der Waals surface area (Å²) in [5.74, 6) is 2.99. The van der Waals surface area contributed by atoms with Gasteiger partial charge in [-0.3, -0.25) is 4.90 Å². The largest absolute Gasteiger partial charge is 0.278 e. The van der Waals surface area contributed by atoms with Crippen molar-refractivity contribution in [3.63, 3.8) is 0 Å². The highest BCUT2D eigenvalue weighted by Crippen LogP contribution is 2.58. The Labute approximate surface area is 537 Å². The third-order valence-corrected chi connectivity index (χ3v) is 18.9. The molecular formula is C84H64N8. The molecule has 0 radical (unpaired) electrons. The molecule has 0 bridgehead atoms. The standard InChI is InChI=1S/C84H64N8/c1-82(2)67-41-25-24-40-65(67)66-49-70-76(50-68(66)82)92(81-90-77(58-35-20-10-21-36-58)89-78(91-81)59-37-22-11-23-38-59)75-43-42-60(48-69(75)83(70,3)4)61-39-26-44-84(5,53-61)64-46-62(79-85-71(54-27-12-6-13-28-54)51-72(86-79)55-29-14-7-15-30-55)45-63(47-64)80-87-73(56-31-16-8-17-32-56)52-74(88-80)57-33-18-9-19-34-57/h6-43,45-53H,44H2,1-5H3/t84-/m0/s1. The fraction of sp³-hybridized carbons (Fsp3) is 0.107. The van der Waals surface area contributed by atoms with Gasteiger partial charge in [0.05, 0.1) is 34.2 Å². The second-order valence-corrected chi connectivity index (χ2v) is 25.6. The summed E-state index contributed by atoms with van der Waals surface area (Å²) in [6.07, 6.45) is 7.83. The van der Waals surface area contributed by atoms with Gasteiger partial charge >= 0.3 is 0 Å². The third-order valence-electron chi connectivity index (χ3n) is 18.9. The molecular weight excluding hydrogens is 1120 g/mol. The van der Waals surface area contributed by atoms with Gasteiger partial charge in [-0.25, -0.2) is 24.9 Å². The fourth-order valence-corrected chi connectivity index (χ4v) is 13.9. The number of fused-ring (bicyclic) bond motifs is 5. The van der Waals surface area contributed by atoms with Crippen molar-refractivity contribution in [3.05, 3.63) is 319 Å². The van der Waals surface area contributed by atoms with Gasteiger partial charge in [0.2, 0.25) is 5.95 Å². The summed E-state index contributed by atoms with van der Waals surface area (Å²) in [6, 6.07) is 93.7. The van der Waals surface area contributed by atoms with Crippen LogP contribution in [0.4, 0.5) is 17.3 Å². The van der Waals surface area contributed by atoms with Gasteiger partial charge in [0.15, 0.2) is 23.3 Å². The van der Waals surface area contributed by atoms with Crippen molar-refractivity contribution >= 4 is 22.9 Å². The maximum absolute atomic E-state index is 5.43. The highest BCUT2D eigenvalue weighted by atomic mass is 15.3. The molecule has 0 spiro atoms. The van der Waals surface area contributed by atoms with Gasteiger partial charge in [-0.05, 0) is 111 Å². The van der Waals surface area contributed by atoms with E-state index in [-0.39, 0.29) is 5.41 Å². The molecule has 3 aliphatic rings. The number of hydrogen-bond acceptors (Lipinski definition) is 8. The number of aromatic nitrogens is 7. The van der Waals surface area contributed by atoms with Gasteiger partial charge in [0.1, 0.15) is 0 Å². The molecule has 0 unspecified atom stereocenters. The Morgan fingerprint density at radius 3 is 1.22 bits per heavy atom. The minimum absolute atomic E-state index is 0.244. The highest BCUT2D eigenvalue weighted by molar-refractivity contribution is 5.92. The van der Waals surface area contributed by atoms with Crippen LogP contribution >= 0.6 is 0 Å². The molecule has 1 aliphatic heterocycles. The first-order chi connectivity index (χ1) is 44.9. The molecule has 0 amide bonds. The number of allylic oxidation sites excluding steroid dienone is 4. The summed E-state index contributed by atoms with van der Waals surface area (Å²) >= 11 is 0. The van der Waals surface area contributed by atoms with Crippen LogP contribution in [0.3, 0.4) is 0 Å². The lowest BCUT2D eigenvalue weighted by molar-refractivity contribution is 0.602. The van der Waals surface area contributed by atoms with Crippen LogP contribution in [0, 0.1) is 0 Å². The highest BCUT2D eigenvalue weighted by Gasteiger charge is 2.43. The van der Waals surface area contributed by atoms with E-state index in [2.05, 4.69) is 264 Å². The normalized spacial score (nSPS) is 15.6. The topological polar surface area (TPSA) is 93.5 Å². The van der Waals surface area contributed by atoms with E-state index in [1.54, 1.807) is 0 Å². The second kappa shape index (κ2) is 22.3. The average Bonchev–Trinajstić information content (AvgIpc) is 1.34. The second-order valence-electron chi connectivity index (χ2n) is 25.6. The lowest BCUT2D eigenvalue weighted by Crippen LogP contribution is -2.32. The summed E-state index contributed by atoms with van der Waals surface area (Å²) in [4.78, 5) is 40.0. The molecule has 0 saturated heterocycles. The van der Waals surface area contributed by atoms with Crippen LogP contribution in [-0.4, -0.2) is 34.9 Å². The lowest BCUT2D eigenvalue weighted by Gasteiger charge is -2.42. The van der Waals surface area contributed by atoms with Crippen molar-refractivity contribution in [2.75, 3.05) is 4.90 Å². The maximum atomic E-state index is 5.43. The molecule has 13 aromatic rings. The van der Waals surface area contributed by atoms with Gasteiger partial charge in [0, 0.05) is 60.8 Å². The van der Waals surface area contributed by atoms with Gasteiger partial charge in [0.25, 0.3) is 0 Å². The summed E-state index contributed by atoms with van der Waals surface area (Å²) < 4.78 is 0. The molecule has 10 aromatic carbocycles. The number of benzene rings is 10. The van der Waals surface area contributed by atoms with Crippen LogP contribution in [0.2, 0.25) is 0 Å². The SMILES string of the molecule is CC1(C)c2ccccc2-c2cc3c(cc21)N(c1nc(-c2ccccc2)nc(-c2ccccc2)n1)c1ccc(C2=C[C@@](C)(c4cc(-c5nc(-c6ccccc6)cc(-c6ccccc6)n5)cc(-c5nc(-c6ccccc6)cc(-c6ccccc6)n5)c4)CC=C2)cc1C3(C)C. The quantitative estimate of drug-likeness (QED) is 0.126. The molecule has 92 heavy (non-hydrogen) atoms. The summed E-state index contributed by atoms with van der Waals surface area (Å²) in [6.45, 7) is 11.8. The Morgan fingerprint density at radius 1 is 0.304 bits per heavy atom. The predicted octanol–water partition coefficient (Wildman–Crippen LogP) is 20.5. The van der Waals surface area contributed by atoms with Crippen LogP contribution in [0.25, 0.3) is 107 Å². The molecule has 0 saturated carbocycles. The van der Waals surface area contributed by atoms with Crippen LogP contribution in [0.1, 0.15) is 74.4 Å². The molecule has 440 valence electrons. The van der Waals surface area contributed by atoms with Gasteiger partial charge < -0.3 is 0 Å². The molecule has 1 atom stereocenters. The Kier molecular flexibility index (Phi) is 13.6. The Bertz CT molecular complexity index is 4750. The third kappa shape index (κ3) is 9.92. The van der Waals surface area contributed by atoms with Crippen molar-refractivity contribution in [1.29, 1.82) is 0 Å². The minimum Gasteiger partial charge on any atom is -0.278 e. The zero-order chi connectivity index (χ0) is 62.1. The molecule has 2 aliphatic carbocycles. The summed E-state index contributed by atoms with van der Waals surface area (Å²) in [5.41, 5.74) is 22.6. The van der Waals surface area contributed by atoms with E-state index >= 15 is 0 Å². The van der Waals surface area contributed by atoms with Crippen molar-refractivity contribution < 1.29 is 0 Å². The number of hydrogen-bond donors (Lipinski definition) is 0. The van der Waals surface area contributed by atoms with Gasteiger partial charge in [-0.15, -0.1) is 0 Å². The van der Waals surface area contributed by atoms with Crippen LogP contribution in [0.5, 0.6) is 0 Å². The zero-order valence-corrected chi connectivity index (χ0v) is 51.9. The minimum atomic E-state index is -0.523. The Balaban J connectivity index is 0.883. The Hall–Kier alpha value is -11.4. The van der Waals surface area contributed by atoms with Crippen molar-refractivity contribution in [2.45, 2.75) is 57.3 Å². The molecule has 16 rings (SSSR count). The zero-order valence-electron chi connectivity index (χ0n) is 51.9. The molecule has 8 nitrogen and oxygen atoms in total. The first-order valence-corrected chi connectivity index (χ1v) is 31.6. The van der Waals surface area contributed by atoms with Crippen LogP contribution in [0.15, 0.2) is 285 Å². The van der Waals surface area contributed by atoms with E-state index in [0.717, 1.165) is 107 Å². The van der Waals surface area contributed by atoms with E-state index in [0.29, 0.717) is 29.2 Å². The molecule has 3 aromatic heterocycles. The van der Waals surface area contributed by atoms with Crippen LogP contribution in [-0.2, 0) is 16.2 Å². The smallest absolute Gasteiger partial charge is 0.238 e. The number of nitrogens with zero attached hydrogens (tertiary/aromatic N) is 8. The molecule has 0 fully saturated rings. The first-order valence-electron chi connectivity index (χ1n) is 31.6. The number of rotatable bonds is 11.